The number of nitrogens with two attached hydrogens (primary N) is 1. The van der Waals surface area contributed by atoms with Gasteiger partial charge in [-0.1, -0.05) is 6.07 Å². The largest absolute Gasteiger partial charge is 0.382 e. The molecule has 1 saturated carbocycles. The number of hydrogen-bond donors (Lipinski definition) is 3. The van der Waals surface area contributed by atoms with Crippen molar-refractivity contribution in [3.05, 3.63) is 35.2 Å². The summed E-state index contributed by atoms with van der Waals surface area (Å²) in [6, 6.07) is 4.26. The molecule has 0 unspecified atom stereocenters. The van der Waals surface area contributed by atoms with Crippen LogP contribution < -0.4 is 16.4 Å². The molecule has 0 radical (unpaired) electrons. The average molecular weight is 303 g/mol. The third-order valence-electron chi connectivity index (χ3n) is 3.28. The first-order valence-electron chi connectivity index (χ1n) is 6.85. The maximum Gasteiger partial charge on any atom is 0.258 e. The zero-order valence-corrected chi connectivity index (χ0v) is 12.5. The molecule has 0 spiro atoms. The van der Waals surface area contributed by atoms with E-state index < -0.39 is 0 Å². The minimum absolute atomic E-state index is 0.145. The van der Waals surface area contributed by atoms with E-state index in [1.807, 2.05) is 25.3 Å². The number of amides is 1. The van der Waals surface area contributed by atoms with Gasteiger partial charge in [0.05, 0.1) is 0 Å². The molecule has 110 valence electrons. The van der Waals surface area contributed by atoms with Crippen molar-refractivity contribution in [1.82, 2.24) is 14.7 Å². The number of carbonyl (C=O) groups excluding carboxylic acids is 1. The number of anilines is 2. The molecular weight excluding hydrogens is 286 g/mol. The lowest BCUT2D eigenvalue weighted by atomic mass is 10.2. The third kappa shape index (κ3) is 3.30. The van der Waals surface area contributed by atoms with Gasteiger partial charge in [0.25, 0.3) is 5.91 Å². The summed E-state index contributed by atoms with van der Waals surface area (Å²) >= 11 is 1.21. The lowest BCUT2D eigenvalue weighted by molar-refractivity contribution is 0.0953. The zero-order chi connectivity index (χ0) is 14.8. The molecule has 2 heterocycles. The van der Waals surface area contributed by atoms with Crippen LogP contribution in [0.3, 0.4) is 0 Å². The molecule has 2 aromatic heterocycles. The van der Waals surface area contributed by atoms with Crippen molar-refractivity contribution in [2.75, 3.05) is 11.1 Å². The zero-order valence-electron chi connectivity index (χ0n) is 11.7. The van der Waals surface area contributed by atoms with Gasteiger partial charge in [0, 0.05) is 24.5 Å². The number of nitrogens with zero attached hydrogens (tertiary/aromatic N) is 2. The fourth-order valence-corrected chi connectivity index (χ4v) is 2.62. The molecule has 2 aromatic rings. The standard InChI is InChI=1S/C14H17N5OS/c1-8-2-3-9(6-16-8)7-17-14-11(12(15)19-21-14)13(20)18-10-4-5-10/h2-3,6,10,17H,4-5,7H2,1H3,(H2,15,19)(H,18,20). The SMILES string of the molecule is Cc1ccc(CNc2snc(N)c2C(=O)NC2CC2)cn1. The topological polar surface area (TPSA) is 92.9 Å². The first-order valence-corrected chi connectivity index (χ1v) is 7.62. The second kappa shape index (κ2) is 5.69. The summed E-state index contributed by atoms with van der Waals surface area (Å²) in [6.07, 6.45) is 3.90. The van der Waals surface area contributed by atoms with Crippen LogP contribution in [-0.4, -0.2) is 21.3 Å². The van der Waals surface area contributed by atoms with Crippen molar-refractivity contribution in [1.29, 1.82) is 0 Å². The smallest absolute Gasteiger partial charge is 0.258 e. The van der Waals surface area contributed by atoms with Crippen molar-refractivity contribution < 1.29 is 4.79 Å². The molecule has 1 aliphatic carbocycles. The Kier molecular flexibility index (Phi) is 3.74. The number of aryl methyl sites for hydroxylation is 1. The van der Waals surface area contributed by atoms with Gasteiger partial charge in [-0.25, -0.2) is 0 Å². The number of nitrogen functional groups attached to an aromatic ring is 1. The fraction of sp³-hybridized carbons (Fsp3) is 0.357. The molecular formula is C14H17N5OS. The highest BCUT2D eigenvalue weighted by molar-refractivity contribution is 7.11. The van der Waals surface area contributed by atoms with Gasteiger partial charge in [-0.2, -0.15) is 4.37 Å². The predicted molar refractivity (Wildman–Crippen MR) is 83.3 cm³/mol. The van der Waals surface area contributed by atoms with Gasteiger partial charge in [-0.05, 0) is 42.9 Å². The molecule has 1 amide bonds. The van der Waals surface area contributed by atoms with Crippen LogP contribution in [0, 0.1) is 6.92 Å². The summed E-state index contributed by atoms with van der Waals surface area (Å²) in [6.45, 7) is 2.53. The quantitative estimate of drug-likeness (QED) is 0.785. The Morgan fingerprint density at radius 1 is 1.48 bits per heavy atom. The highest BCUT2D eigenvalue weighted by Crippen LogP contribution is 2.28. The van der Waals surface area contributed by atoms with Crippen LogP contribution in [0.4, 0.5) is 10.8 Å². The van der Waals surface area contributed by atoms with E-state index in [9.17, 15) is 4.79 Å². The number of carbonyl (C=O) groups is 1. The van der Waals surface area contributed by atoms with E-state index in [1.54, 1.807) is 0 Å². The summed E-state index contributed by atoms with van der Waals surface area (Å²) in [5, 5.41) is 6.86. The van der Waals surface area contributed by atoms with Crippen LogP contribution in [0.1, 0.15) is 34.5 Å². The second-order valence-electron chi connectivity index (χ2n) is 5.18. The Bertz CT molecular complexity index is 648. The number of hydrogen-bond acceptors (Lipinski definition) is 6. The summed E-state index contributed by atoms with van der Waals surface area (Å²) in [5.74, 6) is 0.135. The first-order chi connectivity index (χ1) is 10.1. The van der Waals surface area contributed by atoms with Crippen LogP contribution in [0.15, 0.2) is 18.3 Å². The number of pyridine rings is 1. The second-order valence-corrected chi connectivity index (χ2v) is 5.95. The summed E-state index contributed by atoms with van der Waals surface area (Å²) in [7, 11) is 0. The van der Waals surface area contributed by atoms with E-state index in [2.05, 4.69) is 20.0 Å². The Balaban J connectivity index is 1.70. The van der Waals surface area contributed by atoms with E-state index in [1.165, 1.54) is 11.5 Å². The summed E-state index contributed by atoms with van der Waals surface area (Å²) < 4.78 is 4.07. The Morgan fingerprint density at radius 2 is 2.29 bits per heavy atom. The predicted octanol–water partition coefficient (Wildman–Crippen LogP) is 1.93. The van der Waals surface area contributed by atoms with Crippen molar-refractivity contribution >= 4 is 28.3 Å². The maximum atomic E-state index is 12.2. The normalized spacial score (nSPS) is 14.0. The molecule has 0 saturated heterocycles. The molecule has 1 aliphatic rings. The summed E-state index contributed by atoms with van der Waals surface area (Å²) in [5.41, 5.74) is 8.28. The molecule has 0 bridgehead atoms. The molecule has 0 atom stereocenters. The van der Waals surface area contributed by atoms with Crippen molar-refractivity contribution in [2.24, 2.45) is 0 Å². The molecule has 1 fully saturated rings. The van der Waals surface area contributed by atoms with E-state index >= 15 is 0 Å². The Hall–Kier alpha value is -2.15. The van der Waals surface area contributed by atoms with Crippen LogP contribution in [0.25, 0.3) is 0 Å². The van der Waals surface area contributed by atoms with Gasteiger partial charge in [-0.3, -0.25) is 9.78 Å². The van der Waals surface area contributed by atoms with Gasteiger partial charge in [0.2, 0.25) is 0 Å². The molecule has 6 nitrogen and oxygen atoms in total. The van der Waals surface area contributed by atoms with E-state index in [0.717, 1.165) is 24.1 Å². The number of nitrogens with one attached hydrogen (secondary N) is 2. The van der Waals surface area contributed by atoms with Crippen LogP contribution >= 0.6 is 11.5 Å². The Labute approximate surface area is 126 Å². The molecule has 0 aromatic carbocycles. The minimum Gasteiger partial charge on any atom is -0.382 e. The first kappa shape index (κ1) is 13.8. The van der Waals surface area contributed by atoms with Crippen LogP contribution in [0.2, 0.25) is 0 Å². The van der Waals surface area contributed by atoms with Crippen molar-refractivity contribution in [3.8, 4) is 0 Å². The molecule has 4 N–H and O–H groups in total. The highest BCUT2D eigenvalue weighted by atomic mass is 32.1. The van der Waals surface area contributed by atoms with Gasteiger partial charge in [0.15, 0.2) is 5.82 Å². The van der Waals surface area contributed by atoms with E-state index in [0.29, 0.717) is 23.2 Å². The van der Waals surface area contributed by atoms with E-state index in [4.69, 9.17) is 5.73 Å². The highest BCUT2D eigenvalue weighted by Gasteiger charge is 2.27. The van der Waals surface area contributed by atoms with Gasteiger partial charge in [0.1, 0.15) is 10.6 Å². The van der Waals surface area contributed by atoms with Crippen LogP contribution in [0.5, 0.6) is 0 Å². The van der Waals surface area contributed by atoms with Crippen molar-refractivity contribution in [3.63, 3.8) is 0 Å². The molecule has 7 heteroatoms. The molecule has 21 heavy (non-hydrogen) atoms. The van der Waals surface area contributed by atoms with Gasteiger partial charge < -0.3 is 16.4 Å². The number of rotatable bonds is 5. The maximum absolute atomic E-state index is 12.2. The summed E-state index contributed by atoms with van der Waals surface area (Å²) in [4.78, 5) is 16.4. The monoisotopic (exact) mass is 303 g/mol. The average Bonchev–Trinajstić information content (AvgIpc) is 3.19. The number of aromatic nitrogens is 2. The van der Waals surface area contributed by atoms with Crippen LogP contribution in [-0.2, 0) is 6.54 Å². The Morgan fingerprint density at radius 3 is 2.95 bits per heavy atom. The van der Waals surface area contributed by atoms with Gasteiger partial charge >= 0.3 is 0 Å². The molecule has 0 aliphatic heterocycles. The van der Waals surface area contributed by atoms with E-state index in [-0.39, 0.29) is 11.7 Å². The fourth-order valence-electron chi connectivity index (χ4n) is 1.91. The van der Waals surface area contributed by atoms with Gasteiger partial charge in [-0.15, -0.1) is 0 Å². The lowest BCUT2D eigenvalue weighted by Gasteiger charge is -2.07. The minimum atomic E-state index is -0.145. The van der Waals surface area contributed by atoms with Crippen molar-refractivity contribution in [2.45, 2.75) is 32.4 Å². The molecule has 3 rings (SSSR count). The third-order valence-corrected chi connectivity index (χ3v) is 4.10. The lowest BCUT2D eigenvalue weighted by Crippen LogP contribution is -2.26.